The molecule has 2 aromatic heterocycles. The lowest BCUT2D eigenvalue weighted by molar-refractivity contribution is -0.111. The predicted octanol–water partition coefficient (Wildman–Crippen LogP) is 6.15. The first kappa shape index (κ1) is 20.5. The van der Waals surface area contributed by atoms with Gasteiger partial charge in [0.1, 0.15) is 17.1 Å². The lowest BCUT2D eigenvalue weighted by atomic mass is 9.99. The Morgan fingerprint density at radius 1 is 1.16 bits per heavy atom. The number of nitrogens with one attached hydrogen (secondary N) is 1. The summed E-state index contributed by atoms with van der Waals surface area (Å²) in [5.41, 5.74) is 5.59. The van der Waals surface area contributed by atoms with Gasteiger partial charge in [-0.25, -0.2) is 0 Å². The Kier molecular flexibility index (Phi) is 5.62. The summed E-state index contributed by atoms with van der Waals surface area (Å²) in [5.74, 6) is 1.38. The molecule has 1 N–H and O–H groups in total. The highest BCUT2D eigenvalue weighted by Crippen LogP contribution is 2.37. The fourth-order valence-electron chi connectivity index (χ4n) is 3.46. The molecule has 2 aromatic carbocycles. The first-order valence-corrected chi connectivity index (χ1v) is 10.1. The highest BCUT2D eigenvalue weighted by atomic mass is 16.5. The monoisotopic (exact) mass is 416 g/mol. The molecule has 0 atom stereocenters. The first-order valence-electron chi connectivity index (χ1n) is 10.1. The number of rotatable bonds is 6. The number of furan rings is 1. The smallest absolute Gasteiger partial charge is 0.249 e. The molecule has 6 nitrogen and oxygen atoms in total. The van der Waals surface area contributed by atoms with Gasteiger partial charge in [-0.15, -0.1) is 0 Å². The van der Waals surface area contributed by atoms with Crippen molar-refractivity contribution in [2.24, 2.45) is 0 Å². The normalized spacial score (nSPS) is 11.7. The maximum Gasteiger partial charge on any atom is 0.249 e. The summed E-state index contributed by atoms with van der Waals surface area (Å²) in [5, 5.41) is 7.47. The molecule has 4 rings (SSSR count). The Balaban J connectivity index is 1.73. The minimum Gasteiger partial charge on any atom is -0.493 e. The van der Waals surface area contributed by atoms with E-state index >= 15 is 0 Å². The molecule has 0 aliphatic carbocycles. The van der Waals surface area contributed by atoms with Crippen molar-refractivity contribution in [2.45, 2.75) is 27.7 Å². The van der Waals surface area contributed by atoms with Gasteiger partial charge in [0.2, 0.25) is 5.91 Å². The van der Waals surface area contributed by atoms with Gasteiger partial charge in [0.25, 0.3) is 0 Å². The van der Waals surface area contributed by atoms with Crippen LogP contribution in [0.4, 0.5) is 5.82 Å². The zero-order chi connectivity index (χ0) is 22.0. The second-order valence-electron chi connectivity index (χ2n) is 7.43. The fourth-order valence-corrected chi connectivity index (χ4v) is 3.46. The second-order valence-corrected chi connectivity index (χ2v) is 7.43. The molecule has 6 heteroatoms. The van der Waals surface area contributed by atoms with E-state index in [0.717, 1.165) is 33.2 Å². The Morgan fingerprint density at radius 2 is 1.94 bits per heavy atom. The van der Waals surface area contributed by atoms with Crippen LogP contribution >= 0.6 is 0 Å². The van der Waals surface area contributed by atoms with E-state index in [9.17, 15) is 4.79 Å². The van der Waals surface area contributed by atoms with E-state index in [-0.39, 0.29) is 5.91 Å². The minimum absolute atomic E-state index is 0.292. The van der Waals surface area contributed by atoms with Crippen LogP contribution in [-0.4, -0.2) is 17.7 Å². The molecule has 0 saturated carbocycles. The van der Waals surface area contributed by atoms with Crippen LogP contribution in [0.15, 0.2) is 63.7 Å². The SMILES string of the molecule is CCOc1cc2occ(-c3ccc(C)cc3)c2cc1/C(C)=C/C(=O)Nc1cc(C)on1. The number of allylic oxidation sites excluding steroid dienone is 1. The maximum atomic E-state index is 12.5. The Bertz CT molecular complexity index is 1260. The molecule has 0 fully saturated rings. The van der Waals surface area contributed by atoms with Gasteiger partial charge in [0.15, 0.2) is 5.82 Å². The second kappa shape index (κ2) is 8.52. The topological polar surface area (TPSA) is 77.5 Å². The average molecular weight is 416 g/mol. The van der Waals surface area contributed by atoms with Crippen molar-refractivity contribution in [3.63, 3.8) is 0 Å². The standard InChI is InChI=1S/C25H24N2O4/c1-5-29-22-13-23-20(21(14-30-23)18-8-6-15(2)7-9-18)12-19(22)16(3)10-25(28)26-24-11-17(4)31-27-24/h6-14H,5H2,1-4H3,(H,26,27,28)/b16-10+. The Hall–Kier alpha value is -3.80. The number of amides is 1. The number of carbonyl (C=O) groups excluding carboxylic acids is 1. The van der Waals surface area contributed by atoms with E-state index in [1.165, 1.54) is 11.6 Å². The van der Waals surface area contributed by atoms with Gasteiger partial charge in [0.05, 0.1) is 12.9 Å². The van der Waals surface area contributed by atoms with Gasteiger partial charge in [0, 0.05) is 34.7 Å². The zero-order valence-electron chi connectivity index (χ0n) is 18.0. The van der Waals surface area contributed by atoms with Gasteiger partial charge in [-0.2, -0.15) is 0 Å². The fraction of sp³-hybridized carbons (Fsp3) is 0.200. The van der Waals surface area contributed by atoms with Crippen LogP contribution in [-0.2, 0) is 4.79 Å². The van der Waals surface area contributed by atoms with Crippen molar-refractivity contribution < 1.29 is 18.5 Å². The third kappa shape index (κ3) is 4.38. The molecule has 0 unspecified atom stereocenters. The average Bonchev–Trinajstić information content (AvgIpc) is 3.33. The minimum atomic E-state index is -0.292. The highest BCUT2D eigenvalue weighted by Gasteiger charge is 2.15. The number of hydrogen-bond acceptors (Lipinski definition) is 5. The molecule has 2 heterocycles. The van der Waals surface area contributed by atoms with E-state index in [2.05, 4.69) is 41.7 Å². The van der Waals surface area contributed by atoms with Crippen LogP contribution in [0.3, 0.4) is 0 Å². The van der Waals surface area contributed by atoms with Gasteiger partial charge in [-0.1, -0.05) is 35.0 Å². The van der Waals surface area contributed by atoms with Crippen LogP contribution in [0.5, 0.6) is 5.75 Å². The van der Waals surface area contributed by atoms with Crippen LogP contribution in [0.1, 0.15) is 30.7 Å². The van der Waals surface area contributed by atoms with Crippen molar-refractivity contribution >= 4 is 28.3 Å². The zero-order valence-corrected chi connectivity index (χ0v) is 18.0. The number of carbonyl (C=O) groups is 1. The Labute approximate surface area is 180 Å². The molecule has 4 aromatic rings. The molecular weight excluding hydrogens is 392 g/mol. The number of hydrogen-bond donors (Lipinski definition) is 1. The van der Waals surface area contributed by atoms with Crippen molar-refractivity contribution in [2.75, 3.05) is 11.9 Å². The van der Waals surface area contributed by atoms with E-state index in [4.69, 9.17) is 13.7 Å². The lowest BCUT2D eigenvalue weighted by Crippen LogP contribution is -2.09. The summed E-state index contributed by atoms with van der Waals surface area (Å²) in [6, 6.07) is 13.9. The third-order valence-corrected chi connectivity index (χ3v) is 4.99. The predicted molar refractivity (Wildman–Crippen MR) is 121 cm³/mol. The van der Waals surface area contributed by atoms with Crippen LogP contribution < -0.4 is 10.1 Å². The molecule has 1 amide bonds. The Morgan fingerprint density at radius 3 is 2.61 bits per heavy atom. The summed E-state index contributed by atoms with van der Waals surface area (Å²) in [6.45, 7) is 8.13. The van der Waals surface area contributed by atoms with E-state index in [0.29, 0.717) is 23.9 Å². The maximum absolute atomic E-state index is 12.5. The molecule has 0 radical (unpaired) electrons. The van der Waals surface area contributed by atoms with Crippen molar-refractivity contribution in [3.05, 3.63) is 71.7 Å². The molecule has 158 valence electrons. The van der Waals surface area contributed by atoms with Gasteiger partial charge in [-0.3, -0.25) is 4.79 Å². The highest BCUT2D eigenvalue weighted by molar-refractivity contribution is 6.05. The van der Waals surface area contributed by atoms with Gasteiger partial charge < -0.3 is 19.0 Å². The van der Waals surface area contributed by atoms with E-state index in [1.807, 2.05) is 26.0 Å². The van der Waals surface area contributed by atoms with Crippen LogP contribution in [0, 0.1) is 13.8 Å². The van der Waals surface area contributed by atoms with E-state index < -0.39 is 0 Å². The van der Waals surface area contributed by atoms with Crippen molar-refractivity contribution in [1.29, 1.82) is 0 Å². The first-order chi connectivity index (χ1) is 14.9. The van der Waals surface area contributed by atoms with Crippen LogP contribution in [0.2, 0.25) is 0 Å². The van der Waals surface area contributed by atoms with Gasteiger partial charge >= 0.3 is 0 Å². The summed E-state index contributed by atoms with van der Waals surface area (Å²) in [7, 11) is 0. The third-order valence-electron chi connectivity index (χ3n) is 4.99. The number of benzene rings is 2. The largest absolute Gasteiger partial charge is 0.493 e. The molecule has 0 aliphatic rings. The number of aromatic nitrogens is 1. The van der Waals surface area contributed by atoms with Gasteiger partial charge in [-0.05, 0) is 44.9 Å². The number of ether oxygens (including phenoxy) is 1. The quantitative estimate of drug-likeness (QED) is 0.382. The summed E-state index contributed by atoms with van der Waals surface area (Å²) in [4.78, 5) is 12.5. The molecule has 0 spiro atoms. The number of nitrogens with zero attached hydrogens (tertiary/aromatic N) is 1. The molecule has 0 aliphatic heterocycles. The van der Waals surface area contributed by atoms with E-state index in [1.54, 1.807) is 19.3 Å². The number of anilines is 1. The van der Waals surface area contributed by atoms with Crippen molar-refractivity contribution in [1.82, 2.24) is 5.16 Å². The number of fused-ring (bicyclic) bond motifs is 1. The summed E-state index contributed by atoms with van der Waals surface area (Å²) < 4.78 is 16.7. The molecule has 31 heavy (non-hydrogen) atoms. The molecule has 0 saturated heterocycles. The summed E-state index contributed by atoms with van der Waals surface area (Å²) >= 11 is 0. The van der Waals surface area contributed by atoms with Crippen molar-refractivity contribution in [3.8, 4) is 16.9 Å². The van der Waals surface area contributed by atoms with Crippen LogP contribution in [0.25, 0.3) is 27.7 Å². The summed E-state index contributed by atoms with van der Waals surface area (Å²) in [6.07, 6.45) is 3.28. The molecular formula is C25H24N2O4. The lowest BCUT2D eigenvalue weighted by Gasteiger charge is -2.11. The number of aryl methyl sites for hydroxylation is 2. The molecule has 0 bridgehead atoms.